The van der Waals surface area contributed by atoms with Gasteiger partial charge in [0.2, 0.25) is 0 Å². The van der Waals surface area contributed by atoms with Crippen molar-refractivity contribution in [1.82, 2.24) is 4.57 Å². The number of rotatable bonds is 4. The number of aliphatic hydroxyl groups excluding tert-OH is 1. The summed E-state index contributed by atoms with van der Waals surface area (Å²) in [7, 11) is 3.17. The van der Waals surface area contributed by atoms with Crippen molar-refractivity contribution in [3.8, 4) is 0 Å². The number of aryl methyl sites for hydroxylation is 2. The molecule has 0 aliphatic carbocycles. The number of esters is 1. The van der Waals surface area contributed by atoms with Crippen LogP contribution in [0.1, 0.15) is 29.4 Å². The van der Waals surface area contributed by atoms with Gasteiger partial charge in [0.25, 0.3) is 0 Å². The predicted octanol–water partition coefficient (Wildman–Crippen LogP) is 1.13. The second-order valence-corrected chi connectivity index (χ2v) is 3.72. The van der Waals surface area contributed by atoms with Gasteiger partial charge >= 0.3 is 5.97 Å². The first kappa shape index (κ1) is 11.8. The lowest BCUT2D eigenvalue weighted by Gasteiger charge is -2.00. The number of aliphatic hydroxyl groups is 1. The monoisotopic (exact) mass is 211 g/mol. The van der Waals surface area contributed by atoms with Crippen molar-refractivity contribution in [2.24, 2.45) is 7.05 Å². The highest BCUT2D eigenvalue weighted by atomic mass is 16.5. The van der Waals surface area contributed by atoms with E-state index >= 15 is 0 Å². The first-order valence-corrected chi connectivity index (χ1v) is 4.96. The molecule has 1 rings (SSSR count). The third-order valence-electron chi connectivity index (χ3n) is 2.31. The summed E-state index contributed by atoms with van der Waals surface area (Å²) in [5, 5.41) is 9.15. The lowest BCUT2D eigenvalue weighted by atomic mass is 10.1. The van der Waals surface area contributed by atoms with Crippen molar-refractivity contribution < 1.29 is 14.6 Å². The van der Waals surface area contributed by atoms with Crippen LogP contribution in [0.2, 0.25) is 0 Å². The topological polar surface area (TPSA) is 51.5 Å². The van der Waals surface area contributed by atoms with Crippen LogP contribution in [-0.4, -0.2) is 28.9 Å². The van der Waals surface area contributed by atoms with Gasteiger partial charge in [-0.05, 0) is 31.4 Å². The van der Waals surface area contributed by atoms with Crippen molar-refractivity contribution in [2.45, 2.75) is 25.9 Å². The smallest absolute Gasteiger partial charge is 0.354 e. The number of carbonyl (C=O) groups is 1. The molecule has 1 heterocycles. The standard InChI is InChI=1S/C11H17NO3/c1-8(13)4-5-9-6-10(11(14)15-3)12(2)7-9/h6-8,13H,4-5H2,1-3H3. The van der Waals surface area contributed by atoms with E-state index in [9.17, 15) is 4.79 Å². The summed E-state index contributed by atoms with van der Waals surface area (Å²) in [6.45, 7) is 1.75. The Hall–Kier alpha value is -1.29. The van der Waals surface area contributed by atoms with Crippen LogP contribution in [0.4, 0.5) is 0 Å². The maximum atomic E-state index is 11.3. The van der Waals surface area contributed by atoms with Gasteiger partial charge in [-0.1, -0.05) is 0 Å². The minimum Gasteiger partial charge on any atom is -0.464 e. The van der Waals surface area contributed by atoms with Crippen LogP contribution < -0.4 is 0 Å². The number of aromatic nitrogens is 1. The highest BCUT2D eigenvalue weighted by molar-refractivity contribution is 5.87. The summed E-state index contributed by atoms with van der Waals surface area (Å²) in [5.41, 5.74) is 1.58. The molecule has 15 heavy (non-hydrogen) atoms. The average Bonchev–Trinajstić information content (AvgIpc) is 2.55. The van der Waals surface area contributed by atoms with Crippen LogP contribution in [-0.2, 0) is 18.2 Å². The van der Waals surface area contributed by atoms with Gasteiger partial charge in [0, 0.05) is 13.2 Å². The largest absolute Gasteiger partial charge is 0.464 e. The Bertz CT molecular complexity index is 342. The molecule has 84 valence electrons. The zero-order valence-corrected chi connectivity index (χ0v) is 9.36. The molecule has 0 saturated carbocycles. The van der Waals surface area contributed by atoms with Crippen LogP contribution in [0.25, 0.3) is 0 Å². The zero-order chi connectivity index (χ0) is 11.4. The van der Waals surface area contributed by atoms with E-state index in [1.807, 2.05) is 6.20 Å². The summed E-state index contributed by atoms with van der Waals surface area (Å²) in [5.74, 6) is -0.333. The van der Waals surface area contributed by atoms with Gasteiger partial charge in [0.1, 0.15) is 5.69 Å². The highest BCUT2D eigenvalue weighted by Gasteiger charge is 2.11. The Morgan fingerprint density at radius 1 is 1.67 bits per heavy atom. The number of carbonyl (C=O) groups excluding carboxylic acids is 1. The second-order valence-electron chi connectivity index (χ2n) is 3.72. The molecular weight excluding hydrogens is 194 g/mol. The molecule has 0 bridgehead atoms. The molecule has 0 spiro atoms. The molecule has 0 aliphatic rings. The minimum atomic E-state index is -0.333. The Balaban J connectivity index is 2.72. The van der Waals surface area contributed by atoms with Gasteiger partial charge in [-0.2, -0.15) is 0 Å². The summed E-state index contributed by atoms with van der Waals surface area (Å²) in [4.78, 5) is 11.3. The molecule has 0 amide bonds. The molecule has 4 nitrogen and oxygen atoms in total. The van der Waals surface area contributed by atoms with E-state index in [1.165, 1.54) is 7.11 Å². The fourth-order valence-electron chi connectivity index (χ4n) is 1.45. The second kappa shape index (κ2) is 4.98. The lowest BCUT2D eigenvalue weighted by molar-refractivity contribution is 0.0590. The third-order valence-corrected chi connectivity index (χ3v) is 2.31. The van der Waals surface area contributed by atoms with E-state index < -0.39 is 0 Å². The van der Waals surface area contributed by atoms with E-state index in [1.54, 1.807) is 24.6 Å². The Labute approximate surface area is 89.5 Å². The maximum absolute atomic E-state index is 11.3. The van der Waals surface area contributed by atoms with Gasteiger partial charge in [-0.3, -0.25) is 0 Å². The molecule has 0 fully saturated rings. The molecule has 1 N–H and O–H groups in total. The molecule has 4 heteroatoms. The lowest BCUT2D eigenvalue weighted by Crippen LogP contribution is -2.06. The Morgan fingerprint density at radius 3 is 2.87 bits per heavy atom. The quantitative estimate of drug-likeness (QED) is 0.759. The number of hydrogen-bond acceptors (Lipinski definition) is 3. The van der Waals surface area contributed by atoms with Crippen LogP contribution in [0.3, 0.4) is 0 Å². The molecule has 0 radical (unpaired) electrons. The molecule has 1 aromatic rings. The fraction of sp³-hybridized carbons (Fsp3) is 0.545. The summed E-state index contributed by atoms with van der Waals surface area (Å²) < 4.78 is 6.39. The molecular formula is C11H17NO3. The van der Waals surface area contributed by atoms with Crippen LogP contribution in [0.5, 0.6) is 0 Å². The van der Waals surface area contributed by atoms with Crippen molar-refractivity contribution in [3.63, 3.8) is 0 Å². The highest BCUT2D eigenvalue weighted by Crippen LogP contribution is 2.11. The summed E-state index contributed by atoms with van der Waals surface area (Å²) >= 11 is 0. The van der Waals surface area contributed by atoms with Crippen LogP contribution in [0, 0.1) is 0 Å². The first-order chi connectivity index (χ1) is 7.04. The Morgan fingerprint density at radius 2 is 2.33 bits per heavy atom. The average molecular weight is 211 g/mol. The fourth-order valence-corrected chi connectivity index (χ4v) is 1.45. The van der Waals surface area contributed by atoms with Crippen molar-refractivity contribution in [1.29, 1.82) is 0 Å². The van der Waals surface area contributed by atoms with E-state index in [0.717, 1.165) is 12.0 Å². The van der Waals surface area contributed by atoms with Crippen molar-refractivity contribution in [3.05, 3.63) is 23.5 Å². The molecule has 1 aromatic heterocycles. The Kier molecular flexibility index (Phi) is 3.91. The van der Waals surface area contributed by atoms with Gasteiger partial charge in [-0.25, -0.2) is 4.79 Å². The SMILES string of the molecule is COC(=O)c1cc(CCC(C)O)cn1C. The van der Waals surface area contributed by atoms with E-state index in [0.29, 0.717) is 12.1 Å². The van der Waals surface area contributed by atoms with Crippen molar-refractivity contribution >= 4 is 5.97 Å². The van der Waals surface area contributed by atoms with Crippen LogP contribution >= 0.6 is 0 Å². The van der Waals surface area contributed by atoms with Gasteiger partial charge < -0.3 is 14.4 Å². The summed E-state index contributed by atoms with van der Waals surface area (Å²) in [6.07, 6.45) is 3.04. The van der Waals surface area contributed by atoms with E-state index in [4.69, 9.17) is 5.11 Å². The number of ether oxygens (including phenoxy) is 1. The molecule has 0 saturated heterocycles. The van der Waals surface area contributed by atoms with Gasteiger partial charge in [0.05, 0.1) is 13.2 Å². The van der Waals surface area contributed by atoms with Gasteiger partial charge in [-0.15, -0.1) is 0 Å². The molecule has 1 atom stereocenters. The normalized spacial score (nSPS) is 12.5. The zero-order valence-electron chi connectivity index (χ0n) is 9.36. The minimum absolute atomic E-state index is 0.313. The summed E-state index contributed by atoms with van der Waals surface area (Å²) in [6, 6.07) is 1.80. The van der Waals surface area contributed by atoms with Gasteiger partial charge in [0.15, 0.2) is 0 Å². The number of nitrogens with zero attached hydrogens (tertiary/aromatic N) is 1. The van der Waals surface area contributed by atoms with Crippen LogP contribution in [0.15, 0.2) is 12.3 Å². The molecule has 1 unspecified atom stereocenters. The predicted molar refractivity (Wildman–Crippen MR) is 56.8 cm³/mol. The third kappa shape index (κ3) is 3.09. The first-order valence-electron chi connectivity index (χ1n) is 4.96. The van der Waals surface area contributed by atoms with Crippen molar-refractivity contribution in [2.75, 3.05) is 7.11 Å². The molecule has 0 aliphatic heterocycles. The molecule has 0 aromatic carbocycles. The van der Waals surface area contributed by atoms with E-state index in [2.05, 4.69) is 4.74 Å². The maximum Gasteiger partial charge on any atom is 0.354 e. The number of hydrogen-bond donors (Lipinski definition) is 1. The number of methoxy groups -OCH3 is 1. The van der Waals surface area contributed by atoms with E-state index in [-0.39, 0.29) is 12.1 Å².